The molecule has 1 aromatic carbocycles. The highest BCUT2D eigenvalue weighted by Crippen LogP contribution is 2.20. The first-order valence-electron chi connectivity index (χ1n) is 6.04. The van der Waals surface area contributed by atoms with Crippen LogP contribution in [0.25, 0.3) is 0 Å². The maximum Gasteiger partial charge on any atom is 0.209 e. The van der Waals surface area contributed by atoms with E-state index in [0.717, 1.165) is 6.26 Å². The molecule has 112 valence electrons. The summed E-state index contributed by atoms with van der Waals surface area (Å²) in [7, 11) is -3.35. The summed E-state index contributed by atoms with van der Waals surface area (Å²) in [6.07, 6.45) is 1.07. The zero-order valence-corrected chi connectivity index (χ0v) is 12.8. The Bertz CT molecular complexity index is 612. The van der Waals surface area contributed by atoms with Crippen LogP contribution < -0.4 is 10.0 Å². The summed E-state index contributed by atoms with van der Waals surface area (Å²) in [6, 6.07) is 4.28. The minimum absolute atomic E-state index is 0.0253. The number of rotatable bonds is 6. The van der Waals surface area contributed by atoms with Gasteiger partial charge in [-0.2, -0.15) is 0 Å². The van der Waals surface area contributed by atoms with E-state index in [9.17, 15) is 17.6 Å². The third-order valence-corrected chi connectivity index (χ3v) is 3.47. The number of carbonyl (C=O) groups excluding carboxylic acids is 1. The Hall–Kier alpha value is -1.47. The maximum atomic E-state index is 13.6. The van der Waals surface area contributed by atoms with Gasteiger partial charge in [-0.3, -0.25) is 4.79 Å². The standard InChI is InChI=1S/C13H19FN2O3S/c1-9(17)12-10(14)6-5-7-11(12)15-8-13(2,3)16-20(4,18)19/h5-7,15-16H,8H2,1-4H3. The molecule has 7 heteroatoms. The molecule has 0 bridgehead atoms. The minimum atomic E-state index is -3.35. The molecule has 0 aliphatic carbocycles. The molecular formula is C13H19FN2O3S. The van der Waals surface area contributed by atoms with Crippen molar-refractivity contribution in [3.8, 4) is 0 Å². The first-order valence-corrected chi connectivity index (χ1v) is 7.93. The first kappa shape index (κ1) is 16.6. The number of carbonyl (C=O) groups is 1. The van der Waals surface area contributed by atoms with Crippen LogP contribution in [0.5, 0.6) is 0 Å². The van der Waals surface area contributed by atoms with E-state index in [-0.39, 0.29) is 17.9 Å². The number of nitrogens with one attached hydrogen (secondary N) is 2. The quantitative estimate of drug-likeness (QED) is 0.785. The molecule has 1 rings (SSSR count). The molecule has 0 amide bonds. The molecule has 0 aromatic heterocycles. The Morgan fingerprint density at radius 1 is 1.35 bits per heavy atom. The minimum Gasteiger partial charge on any atom is -0.383 e. The highest BCUT2D eigenvalue weighted by atomic mass is 32.2. The molecule has 0 aliphatic heterocycles. The lowest BCUT2D eigenvalue weighted by molar-refractivity contribution is 0.101. The number of hydrogen-bond donors (Lipinski definition) is 2. The van der Waals surface area contributed by atoms with Gasteiger partial charge in [-0.15, -0.1) is 0 Å². The van der Waals surface area contributed by atoms with Gasteiger partial charge in [-0.25, -0.2) is 17.5 Å². The summed E-state index contributed by atoms with van der Waals surface area (Å²) in [5.74, 6) is -0.990. The molecule has 0 heterocycles. The maximum absolute atomic E-state index is 13.6. The highest BCUT2D eigenvalue weighted by Gasteiger charge is 2.23. The summed E-state index contributed by atoms with van der Waals surface area (Å²) in [6.45, 7) is 4.87. The zero-order valence-electron chi connectivity index (χ0n) is 12.0. The van der Waals surface area contributed by atoms with Gasteiger partial charge in [0.25, 0.3) is 0 Å². The van der Waals surface area contributed by atoms with Crippen LogP contribution in [0.3, 0.4) is 0 Å². The van der Waals surface area contributed by atoms with Crippen molar-refractivity contribution in [1.29, 1.82) is 0 Å². The van der Waals surface area contributed by atoms with Crippen molar-refractivity contribution in [3.63, 3.8) is 0 Å². The second kappa shape index (κ2) is 5.88. The van der Waals surface area contributed by atoms with Gasteiger partial charge in [0.2, 0.25) is 10.0 Å². The third-order valence-electron chi connectivity index (χ3n) is 2.55. The van der Waals surface area contributed by atoms with Crippen LogP contribution in [0.1, 0.15) is 31.1 Å². The first-order chi connectivity index (χ1) is 9.02. The molecule has 0 unspecified atom stereocenters. The fraction of sp³-hybridized carbons (Fsp3) is 0.462. The Kier molecular flexibility index (Phi) is 4.88. The van der Waals surface area contributed by atoms with E-state index in [1.54, 1.807) is 19.9 Å². The molecular weight excluding hydrogens is 283 g/mol. The molecule has 0 aliphatic rings. The van der Waals surface area contributed by atoms with E-state index < -0.39 is 21.4 Å². The molecule has 2 N–H and O–H groups in total. The average molecular weight is 302 g/mol. The highest BCUT2D eigenvalue weighted by molar-refractivity contribution is 7.88. The number of benzene rings is 1. The fourth-order valence-electron chi connectivity index (χ4n) is 1.88. The molecule has 0 saturated carbocycles. The van der Waals surface area contributed by atoms with Gasteiger partial charge < -0.3 is 5.32 Å². The Labute approximate surface area is 118 Å². The molecule has 5 nitrogen and oxygen atoms in total. The van der Waals surface area contributed by atoms with Crippen LogP contribution in [0.15, 0.2) is 18.2 Å². The zero-order chi connectivity index (χ0) is 15.6. The van der Waals surface area contributed by atoms with E-state index in [0.29, 0.717) is 5.69 Å². The predicted molar refractivity (Wildman–Crippen MR) is 77.0 cm³/mol. The largest absolute Gasteiger partial charge is 0.383 e. The lowest BCUT2D eigenvalue weighted by Crippen LogP contribution is -2.47. The van der Waals surface area contributed by atoms with E-state index in [2.05, 4.69) is 10.0 Å². The topological polar surface area (TPSA) is 75.3 Å². The Morgan fingerprint density at radius 2 is 1.95 bits per heavy atom. The van der Waals surface area contributed by atoms with Gasteiger partial charge in [-0.05, 0) is 32.9 Å². The normalized spacial score (nSPS) is 12.2. The molecule has 0 fully saturated rings. The lowest BCUT2D eigenvalue weighted by Gasteiger charge is -2.26. The average Bonchev–Trinajstić information content (AvgIpc) is 2.22. The van der Waals surface area contributed by atoms with Crippen LogP contribution in [0.2, 0.25) is 0 Å². The summed E-state index contributed by atoms with van der Waals surface area (Å²) in [4.78, 5) is 11.4. The number of hydrogen-bond acceptors (Lipinski definition) is 4. The summed E-state index contributed by atoms with van der Waals surface area (Å²) < 4.78 is 38.5. The van der Waals surface area contributed by atoms with Crippen molar-refractivity contribution < 1.29 is 17.6 Å². The molecule has 0 atom stereocenters. The monoisotopic (exact) mass is 302 g/mol. The van der Waals surface area contributed by atoms with Crippen LogP contribution in [0.4, 0.5) is 10.1 Å². The fourth-order valence-corrected chi connectivity index (χ4v) is 2.96. The summed E-state index contributed by atoms with van der Waals surface area (Å²) >= 11 is 0. The van der Waals surface area contributed by atoms with E-state index in [4.69, 9.17) is 0 Å². The number of halogens is 1. The molecule has 0 saturated heterocycles. The van der Waals surface area contributed by atoms with Gasteiger partial charge in [0.1, 0.15) is 5.82 Å². The third kappa shape index (κ3) is 4.90. The number of anilines is 1. The molecule has 1 aromatic rings. The van der Waals surface area contributed by atoms with E-state index >= 15 is 0 Å². The summed E-state index contributed by atoms with van der Waals surface area (Å²) in [5.41, 5.74) is -0.447. The SMILES string of the molecule is CC(=O)c1c(F)cccc1NCC(C)(C)NS(C)(=O)=O. The summed E-state index contributed by atoms with van der Waals surface area (Å²) in [5, 5.41) is 2.91. The van der Waals surface area contributed by atoms with Crippen LogP contribution in [-0.2, 0) is 10.0 Å². The van der Waals surface area contributed by atoms with E-state index in [1.807, 2.05) is 0 Å². The lowest BCUT2D eigenvalue weighted by atomic mass is 10.1. The van der Waals surface area contributed by atoms with Crippen molar-refractivity contribution in [2.24, 2.45) is 0 Å². The van der Waals surface area contributed by atoms with Gasteiger partial charge in [-0.1, -0.05) is 6.07 Å². The van der Waals surface area contributed by atoms with Crippen LogP contribution >= 0.6 is 0 Å². The number of sulfonamides is 1. The Morgan fingerprint density at radius 3 is 2.45 bits per heavy atom. The smallest absolute Gasteiger partial charge is 0.209 e. The van der Waals surface area contributed by atoms with Crippen LogP contribution in [-0.4, -0.2) is 32.5 Å². The number of Topliss-reactive ketones (excluding diaryl/α,β-unsaturated/α-hetero) is 1. The second-order valence-corrected chi connectivity index (χ2v) is 7.08. The van der Waals surface area contributed by atoms with Gasteiger partial charge in [0.05, 0.1) is 11.8 Å². The molecule has 20 heavy (non-hydrogen) atoms. The van der Waals surface area contributed by atoms with E-state index in [1.165, 1.54) is 19.1 Å². The second-order valence-electron chi connectivity index (χ2n) is 5.33. The van der Waals surface area contributed by atoms with Crippen LogP contribution in [0, 0.1) is 5.82 Å². The van der Waals surface area contributed by atoms with Crippen molar-refractivity contribution in [2.75, 3.05) is 18.1 Å². The van der Waals surface area contributed by atoms with Gasteiger partial charge >= 0.3 is 0 Å². The van der Waals surface area contributed by atoms with Gasteiger partial charge in [0, 0.05) is 17.8 Å². The van der Waals surface area contributed by atoms with Gasteiger partial charge in [0.15, 0.2) is 5.78 Å². The van der Waals surface area contributed by atoms with Crippen molar-refractivity contribution in [1.82, 2.24) is 4.72 Å². The van der Waals surface area contributed by atoms with Crippen molar-refractivity contribution in [2.45, 2.75) is 26.3 Å². The number of ketones is 1. The predicted octanol–water partition coefficient (Wildman–Crippen LogP) is 1.77. The van der Waals surface area contributed by atoms with Crippen molar-refractivity contribution in [3.05, 3.63) is 29.6 Å². The Balaban J connectivity index is 2.91. The molecule has 0 radical (unpaired) electrons. The van der Waals surface area contributed by atoms with Crippen molar-refractivity contribution >= 4 is 21.5 Å². The molecule has 0 spiro atoms.